The molecule has 0 unspecified atom stereocenters. The Morgan fingerprint density at radius 1 is 1.40 bits per heavy atom. The molecule has 9 heteroatoms. The molecular formula is C16H18N8O. The Hall–Kier alpha value is -3.36. The molecule has 128 valence electrons. The van der Waals surface area contributed by atoms with E-state index in [2.05, 4.69) is 42.5 Å². The van der Waals surface area contributed by atoms with Crippen molar-refractivity contribution >= 4 is 30.1 Å². The van der Waals surface area contributed by atoms with Gasteiger partial charge in [-0.1, -0.05) is 0 Å². The fourth-order valence-corrected chi connectivity index (χ4v) is 2.49. The van der Waals surface area contributed by atoms with Crippen LogP contribution >= 0.6 is 0 Å². The minimum atomic E-state index is -0.0279. The SMILES string of the molecule is C=N/C(=N\NC)c1ccc(-c2cnc3c(n2)N(CC)C(=O)CN3)cn1. The van der Waals surface area contributed by atoms with Crippen molar-refractivity contribution in [3.05, 3.63) is 30.2 Å². The molecule has 2 aromatic rings. The third kappa shape index (κ3) is 3.16. The Kier molecular flexibility index (Phi) is 4.64. The molecule has 0 aliphatic carbocycles. The molecule has 0 radical (unpaired) electrons. The van der Waals surface area contributed by atoms with Crippen molar-refractivity contribution in [1.29, 1.82) is 0 Å². The number of nitrogens with one attached hydrogen (secondary N) is 2. The van der Waals surface area contributed by atoms with Crippen LogP contribution in [0.15, 0.2) is 34.6 Å². The van der Waals surface area contributed by atoms with Gasteiger partial charge in [-0.25, -0.2) is 15.0 Å². The minimum absolute atomic E-state index is 0.0279. The number of rotatable bonds is 4. The molecule has 0 fully saturated rings. The molecule has 0 saturated carbocycles. The molecule has 1 aliphatic rings. The summed E-state index contributed by atoms with van der Waals surface area (Å²) in [5.41, 5.74) is 4.66. The summed E-state index contributed by atoms with van der Waals surface area (Å²) in [5, 5.41) is 6.98. The molecule has 3 heterocycles. The van der Waals surface area contributed by atoms with Gasteiger partial charge >= 0.3 is 0 Å². The number of hydrogen-bond acceptors (Lipinski definition) is 7. The van der Waals surface area contributed by atoms with Gasteiger partial charge in [0.1, 0.15) is 5.69 Å². The van der Waals surface area contributed by atoms with Gasteiger partial charge in [0, 0.05) is 25.4 Å². The van der Waals surface area contributed by atoms with Crippen LogP contribution in [0.25, 0.3) is 11.3 Å². The van der Waals surface area contributed by atoms with Gasteiger partial charge in [0.15, 0.2) is 17.5 Å². The molecule has 2 aromatic heterocycles. The van der Waals surface area contributed by atoms with E-state index in [9.17, 15) is 4.79 Å². The smallest absolute Gasteiger partial charge is 0.247 e. The maximum absolute atomic E-state index is 12.0. The zero-order valence-electron chi connectivity index (χ0n) is 14.0. The summed E-state index contributed by atoms with van der Waals surface area (Å²) in [6.45, 7) is 6.16. The lowest BCUT2D eigenvalue weighted by molar-refractivity contribution is -0.117. The highest BCUT2D eigenvalue weighted by Gasteiger charge is 2.25. The van der Waals surface area contributed by atoms with Crippen molar-refractivity contribution in [2.24, 2.45) is 10.1 Å². The van der Waals surface area contributed by atoms with Crippen LogP contribution in [0.4, 0.5) is 11.6 Å². The topological polar surface area (TPSA) is 108 Å². The van der Waals surface area contributed by atoms with Crippen LogP contribution in [0.1, 0.15) is 12.6 Å². The van der Waals surface area contributed by atoms with E-state index < -0.39 is 0 Å². The fourth-order valence-electron chi connectivity index (χ4n) is 2.49. The number of nitrogens with zero attached hydrogens (tertiary/aromatic N) is 6. The highest BCUT2D eigenvalue weighted by molar-refractivity contribution is 6.01. The van der Waals surface area contributed by atoms with Gasteiger partial charge in [-0.05, 0) is 25.8 Å². The van der Waals surface area contributed by atoms with Crippen molar-refractivity contribution in [3.63, 3.8) is 0 Å². The van der Waals surface area contributed by atoms with Crippen molar-refractivity contribution in [2.45, 2.75) is 6.92 Å². The first-order valence-electron chi connectivity index (χ1n) is 7.77. The molecule has 1 amide bonds. The summed E-state index contributed by atoms with van der Waals surface area (Å²) in [4.78, 5) is 30.7. The largest absolute Gasteiger partial charge is 0.358 e. The summed E-state index contributed by atoms with van der Waals surface area (Å²) in [6.07, 6.45) is 3.32. The monoisotopic (exact) mass is 338 g/mol. The van der Waals surface area contributed by atoms with Crippen LogP contribution in [0.2, 0.25) is 0 Å². The average molecular weight is 338 g/mol. The number of carbonyl (C=O) groups is 1. The Bertz CT molecular complexity index is 831. The number of carbonyl (C=O) groups excluding carboxylic acids is 1. The molecule has 25 heavy (non-hydrogen) atoms. The number of anilines is 2. The molecule has 3 rings (SSSR count). The van der Waals surface area contributed by atoms with Gasteiger partial charge in [-0.15, -0.1) is 0 Å². The molecule has 9 nitrogen and oxygen atoms in total. The molecule has 1 aliphatic heterocycles. The number of aromatic nitrogens is 3. The van der Waals surface area contributed by atoms with E-state index in [1.54, 1.807) is 30.4 Å². The number of likely N-dealkylation sites (N-methyl/N-ethyl adjacent to an activating group) is 1. The maximum atomic E-state index is 12.0. The second-order valence-corrected chi connectivity index (χ2v) is 5.17. The average Bonchev–Trinajstić information content (AvgIpc) is 2.66. The Morgan fingerprint density at radius 2 is 2.24 bits per heavy atom. The van der Waals surface area contributed by atoms with Crippen LogP contribution in [0.3, 0.4) is 0 Å². The molecular weight excluding hydrogens is 320 g/mol. The van der Waals surface area contributed by atoms with Crippen molar-refractivity contribution in [1.82, 2.24) is 20.4 Å². The summed E-state index contributed by atoms with van der Waals surface area (Å²) in [7, 11) is 1.68. The van der Waals surface area contributed by atoms with E-state index in [1.165, 1.54) is 0 Å². The number of aliphatic imine (C=N–C) groups is 1. The van der Waals surface area contributed by atoms with Crippen LogP contribution in [-0.2, 0) is 4.79 Å². The van der Waals surface area contributed by atoms with Gasteiger partial charge in [0.05, 0.1) is 18.4 Å². The molecule has 0 bridgehead atoms. The maximum Gasteiger partial charge on any atom is 0.247 e. The highest BCUT2D eigenvalue weighted by atomic mass is 16.2. The molecule has 0 saturated heterocycles. The van der Waals surface area contributed by atoms with Gasteiger partial charge in [-0.3, -0.25) is 14.7 Å². The van der Waals surface area contributed by atoms with Crippen molar-refractivity contribution in [2.75, 3.05) is 30.4 Å². The lowest BCUT2D eigenvalue weighted by atomic mass is 10.2. The number of hydrogen-bond donors (Lipinski definition) is 2. The van der Waals surface area contributed by atoms with Gasteiger partial charge in [0.25, 0.3) is 0 Å². The molecule has 0 atom stereocenters. The number of fused-ring (bicyclic) bond motifs is 1. The van der Waals surface area contributed by atoms with E-state index in [0.29, 0.717) is 35.4 Å². The third-order valence-corrected chi connectivity index (χ3v) is 3.69. The number of pyridine rings is 1. The summed E-state index contributed by atoms with van der Waals surface area (Å²) < 4.78 is 0. The standard InChI is InChI=1S/C16H18N8O/c1-4-24-13(25)9-21-15-16(24)22-12(8-20-15)10-5-6-11(19-7-10)14(17-2)23-18-3/h5-8,18H,2,4,9H2,1,3H3,(H,20,21)/b23-14-. The van der Waals surface area contributed by atoms with E-state index >= 15 is 0 Å². The minimum Gasteiger partial charge on any atom is -0.358 e. The van der Waals surface area contributed by atoms with Gasteiger partial charge in [0.2, 0.25) is 5.91 Å². The normalized spacial score (nSPS) is 13.9. The predicted molar refractivity (Wildman–Crippen MR) is 96.9 cm³/mol. The first-order chi connectivity index (χ1) is 12.2. The second-order valence-electron chi connectivity index (χ2n) is 5.17. The summed E-state index contributed by atoms with van der Waals surface area (Å²) in [5.74, 6) is 1.51. The molecule has 0 spiro atoms. The van der Waals surface area contributed by atoms with Crippen molar-refractivity contribution in [3.8, 4) is 11.3 Å². The van der Waals surface area contributed by atoms with Crippen LogP contribution < -0.4 is 15.6 Å². The van der Waals surface area contributed by atoms with Crippen LogP contribution in [0.5, 0.6) is 0 Å². The van der Waals surface area contributed by atoms with Gasteiger partial charge in [-0.2, -0.15) is 5.10 Å². The highest BCUT2D eigenvalue weighted by Crippen LogP contribution is 2.28. The van der Waals surface area contributed by atoms with E-state index in [0.717, 1.165) is 5.56 Å². The summed E-state index contributed by atoms with van der Waals surface area (Å²) in [6, 6.07) is 3.63. The zero-order chi connectivity index (χ0) is 17.8. The Labute approximate surface area is 144 Å². The first-order valence-corrected chi connectivity index (χ1v) is 7.77. The van der Waals surface area contributed by atoms with Gasteiger partial charge < -0.3 is 10.7 Å². The Morgan fingerprint density at radius 3 is 2.88 bits per heavy atom. The first kappa shape index (κ1) is 16.5. The predicted octanol–water partition coefficient (Wildman–Crippen LogP) is 0.899. The van der Waals surface area contributed by atoms with Crippen LogP contribution in [0, 0.1) is 0 Å². The quantitative estimate of drug-likeness (QED) is 0.487. The van der Waals surface area contributed by atoms with Crippen molar-refractivity contribution < 1.29 is 4.79 Å². The fraction of sp³-hybridized carbons (Fsp3) is 0.250. The van der Waals surface area contributed by atoms with E-state index in [4.69, 9.17) is 0 Å². The molecule has 2 N–H and O–H groups in total. The third-order valence-electron chi connectivity index (χ3n) is 3.69. The lowest BCUT2D eigenvalue weighted by Gasteiger charge is -2.27. The zero-order valence-corrected chi connectivity index (χ0v) is 14.0. The second kappa shape index (κ2) is 7.04. The van der Waals surface area contributed by atoms with Crippen LogP contribution in [-0.4, -0.2) is 53.5 Å². The number of amides is 1. The number of hydrazone groups is 1. The Balaban J connectivity index is 1.95. The number of amidine groups is 1. The molecule has 0 aromatic carbocycles. The van der Waals surface area contributed by atoms with E-state index in [1.807, 2.05) is 13.0 Å². The lowest BCUT2D eigenvalue weighted by Crippen LogP contribution is -2.40. The van der Waals surface area contributed by atoms with E-state index in [-0.39, 0.29) is 12.5 Å². The summed E-state index contributed by atoms with van der Waals surface area (Å²) >= 11 is 0.